The third kappa shape index (κ3) is 4.88. The van der Waals surface area contributed by atoms with Crippen molar-refractivity contribution in [3.05, 3.63) is 77.0 Å². The van der Waals surface area contributed by atoms with Gasteiger partial charge in [0.1, 0.15) is 18.2 Å². The van der Waals surface area contributed by atoms with E-state index in [1.165, 1.54) is 12.1 Å². The summed E-state index contributed by atoms with van der Waals surface area (Å²) >= 11 is 0. The van der Waals surface area contributed by atoms with Gasteiger partial charge < -0.3 is 19.7 Å². The van der Waals surface area contributed by atoms with E-state index in [2.05, 4.69) is 15.3 Å². The maximum absolute atomic E-state index is 14.0. The lowest BCUT2D eigenvalue weighted by Crippen LogP contribution is -2.30. The summed E-state index contributed by atoms with van der Waals surface area (Å²) in [6.45, 7) is 2.89. The second-order valence-electron chi connectivity index (χ2n) is 9.29. The number of carbonyl (C=O) groups is 1. The monoisotopic (exact) mass is 549 g/mol. The predicted molar refractivity (Wildman–Crippen MR) is 140 cm³/mol. The fraction of sp³-hybridized carbons (Fsp3) is 0.259. The maximum atomic E-state index is 14.0. The van der Waals surface area contributed by atoms with Crippen LogP contribution >= 0.6 is 0 Å². The highest BCUT2D eigenvalue weighted by Crippen LogP contribution is 2.35. The molecule has 1 aromatic carbocycles. The van der Waals surface area contributed by atoms with Gasteiger partial charge in [-0.1, -0.05) is 6.07 Å². The van der Waals surface area contributed by atoms with Crippen LogP contribution in [0.5, 0.6) is 5.75 Å². The molecule has 39 heavy (non-hydrogen) atoms. The fourth-order valence-electron chi connectivity index (χ4n) is 4.56. The number of nitrogens with one attached hydrogen (secondary N) is 1. The van der Waals surface area contributed by atoms with Crippen molar-refractivity contribution in [2.75, 3.05) is 30.4 Å². The van der Waals surface area contributed by atoms with Crippen LogP contribution in [-0.2, 0) is 27.7 Å². The molecule has 0 unspecified atom stereocenters. The quantitative estimate of drug-likeness (QED) is 0.409. The van der Waals surface area contributed by atoms with Crippen LogP contribution in [-0.4, -0.2) is 54.8 Å². The van der Waals surface area contributed by atoms with E-state index in [0.717, 1.165) is 5.39 Å². The molecule has 1 amide bonds. The predicted octanol–water partition coefficient (Wildman–Crippen LogP) is 3.24. The van der Waals surface area contributed by atoms with Crippen molar-refractivity contribution in [2.45, 2.75) is 25.0 Å². The average molecular weight is 550 g/mol. The number of halogens is 1. The molecule has 0 radical (unpaired) electrons. The van der Waals surface area contributed by atoms with Gasteiger partial charge >= 0.3 is 0 Å². The van der Waals surface area contributed by atoms with E-state index in [9.17, 15) is 17.6 Å². The molecule has 1 N–H and O–H groups in total. The lowest BCUT2D eigenvalue weighted by Gasteiger charge is -2.29. The Labute approximate surface area is 223 Å². The van der Waals surface area contributed by atoms with Gasteiger partial charge in [-0.05, 0) is 42.8 Å². The number of sulfone groups is 1. The summed E-state index contributed by atoms with van der Waals surface area (Å²) in [6, 6.07) is 11.4. The SMILES string of the molecule is Cc1nc2c(cc1F)OCCN2c1ccc2cnc(CNC(=O)c3ccc4c(c3)S(=O)(=O)CCOC4)cc2n1. The molecule has 6 rings (SSSR count). The molecule has 2 aliphatic rings. The molecule has 3 aromatic heterocycles. The van der Waals surface area contributed by atoms with Gasteiger partial charge in [-0.3, -0.25) is 9.78 Å². The van der Waals surface area contributed by atoms with Crippen LogP contribution in [0.15, 0.2) is 53.6 Å². The van der Waals surface area contributed by atoms with Crippen molar-refractivity contribution in [3.63, 3.8) is 0 Å². The summed E-state index contributed by atoms with van der Waals surface area (Å²) in [6.07, 6.45) is 1.67. The van der Waals surface area contributed by atoms with Gasteiger partial charge in [0.05, 0.1) is 53.9 Å². The Morgan fingerprint density at radius 1 is 1.13 bits per heavy atom. The topological polar surface area (TPSA) is 124 Å². The Bertz CT molecular complexity index is 1730. The standard InChI is InChI=1S/C27H24FN5O5S/c1-16-21(28)12-23-26(31-16)33(6-7-38-23)25-5-4-18-13-29-20(11-22(18)32-25)14-30-27(34)17-2-3-19-15-37-8-9-39(35,36)24(19)10-17/h2-5,10-13H,6-9,14-15H2,1H3,(H,30,34). The Morgan fingerprint density at radius 3 is 2.87 bits per heavy atom. The van der Waals surface area contributed by atoms with Crippen molar-refractivity contribution in [2.24, 2.45) is 0 Å². The number of ether oxygens (including phenoxy) is 2. The molecule has 0 fully saturated rings. The smallest absolute Gasteiger partial charge is 0.251 e. The molecule has 2 aliphatic heterocycles. The summed E-state index contributed by atoms with van der Waals surface area (Å²) in [5.74, 6) is 0.526. The molecule has 0 spiro atoms. The van der Waals surface area contributed by atoms with Gasteiger partial charge in [-0.25, -0.2) is 22.8 Å². The Hall–Kier alpha value is -4.16. The number of amides is 1. The van der Waals surface area contributed by atoms with Crippen LogP contribution in [0.3, 0.4) is 0 Å². The van der Waals surface area contributed by atoms with Gasteiger partial charge in [-0.15, -0.1) is 0 Å². The Morgan fingerprint density at radius 2 is 2.00 bits per heavy atom. The average Bonchev–Trinajstić information content (AvgIpc) is 3.08. The first kappa shape index (κ1) is 25.1. The normalized spacial score (nSPS) is 16.1. The van der Waals surface area contributed by atoms with Gasteiger partial charge in [0.2, 0.25) is 0 Å². The van der Waals surface area contributed by atoms with E-state index < -0.39 is 21.6 Å². The second-order valence-corrected chi connectivity index (χ2v) is 11.4. The first-order chi connectivity index (χ1) is 18.8. The molecule has 10 nitrogen and oxygen atoms in total. The molecule has 0 saturated heterocycles. The highest BCUT2D eigenvalue weighted by molar-refractivity contribution is 7.91. The van der Waals surface area contributed by atoms with Crippen LogP contribution < -0.4 is 15.0 Å². The molecule has 0 aliphatic carbocycles. The number of carbonyl (C=O) groups excluding carboxylic acids is 1. The number of aryl methyl sites for hydroxylation is 1. The number of pyridine rings is 3. The second kappa shape index (κ2) is 9.86. The number of hydrogen-bond donors (Lipinski definition) is 1. The lowest BCUT2D eigenvalue weighted by molar-refractivity contribution is 0.0950. The molecule has 12 heteroatoms. The summed E-state index contributed by atoms with van der Waals surface area (Å²) < 4.78 is 50.1. The minimum absolute atomic E-state index is 0.119. The number of hydrogen-bond acceptors (Lipinski definition) is 9. The van der Waals surface area contributed by atoms with E-state index >= 15 is 0 Å². The molecule has 200 valence electrons. The van der Waals surface area contributed by atoms with E-state index in [-0.39, 0.29) is 41.7 Å². The summed E-state index contributed by atoms with van der Waals surface area (Å²) in [7, 11) is -3.52. The van der Waals surface area contributed by atoms with E-state index in [0.29, 0.717) is 47.3 Å². The lowest BCUT2D eigenvalue weighted by atomic mass is 10.1. The molecular weight excluding hydrogens is 525 g/mol. The largest absolute Gasteiger partial charge is 0.488 e. The third-order valence-electron chi connectivity index (χ3n) is 6.67. The molecule has 0 saturated carbocycles. The van der Waals surface area contributed by atoms with Crippen molar-refractivity contribution in [1.82, 2.24) is 20.3 Å². The van der Waals surface area contributed by atoms with Gasteiger partial charge in [0.25, 0.3) is 5.91 Å². The van der Waals surface area contributed by atoms with Gasteiger partial charge in [0.15, 0.2) is 21.4 Å². The highest BCUT2D eigenvalue weighted by Gasteiger charge is 2.25. The van der Waals surface area contributed by atoms with E-state index in [1.807, 2.05) is 17.0 Å². The summed E-state index contributed by atoms with van der Waals surface area (Å²) in [5.41, 5.74) is 2.29. The number of nitrogens with zero attached hydrogens (tertiary/aromatic N) is 4. The van der Waals surface area contributed by atoms with Crippen LogP contribution in [0.2, 0.25) is 0 Å². The Kier molecular flexibility index (Phi) is 6.35. The van der Waals surface area contributed by atoms with Crippen molar-refractivity contribution >= 4 is 38.3 Å². The van der Waals surface area contributed by atoms with E-state index in [4.69, 9.17) is 14.5 Å². The minimum atomic E-state index is -3.52. The Balaban J connectivity index is 1.23. The summed E-state index contributed by atoms with van der Waals surface area (Å²) in [5, 5.41) is 3.61. The molecule has 0 atom stereocenters. The first-order valence-electron chi connectivity index (χ1n) is 12.3. The number of fused-ring (bicyclic) bond motifs is 3. The number of benzene rings is 1. The zero-order valence-corrected chi connectivity index (χ0v) is 21.8. The van der Waals surface area contributed by atoms with Crippen LogP contribution in [0.25, 0.3) is 10.9 Å². The van der Waals surface area contributed by atoms with E-state index in [1.54, 1.807) is 31.3 Å². The van der Waals surface area contributed by atoms with Crippen LogP contribution in [0.4, 0.5) is 16.0 Å². The third-order valence-corrected chi connectivity index (χ3v) is 8.42. The number of aromatic nitrogens is 3. The minimum Gasteiger partial charge on any atom is -0.488 e. The zero-order chi connectivity index (χ0) is 27.1. The zero-order valence-electron chi connectivity index (χ0n) is 21.0. The molecule has 4 aromatic rings. The van der Waals surface area contributed by atoms with Crippen LogP contribution in [0, 0.1) is 12.7 Å². The first-order valence-corrected chi connectivity index (χ1v) is 14.0. The fourth-order valence-corrected chi connectivity index (χ4v) is 5.95. The van der Waals surface area contributed by atoms with Crippen molar-refractivity contribution in [1.29, 1.82) is 0 Å². The number of rotatable bonds is 4. The number of anilines is 2. The van der Waals surface area contributed by atoms with Crippen molar-refractivity contribution < 1.29 is 27.1 Å². The summed E-state index contributed by atoms with van der Waals surface area (Å²) in [4.78, 5) is 28.4. The molecule has 5 heterocycles. The molecule has 0 bridgehead atoms. The van der Waals surface area contributed by atoms with Gasteiger partial charge in [-0.2, -0.15) is 0 Å². The molecular formula is C27H24FN5O5S. The van der Waals surface area contributed by atoms with Gasteiger partial charge in [0, 0.05) is 23.2 Å². The van der Waals surface area contributed by atoms with Crippen molar-refractivity contribution in [3.8, 4) is 5.75 Å². The highest BCUT2D eigenvalue weighted by atomic mass is 32.2. The maximum Gasteiger partial charge on any atom is 0.251 e. The van der Waals surface area contributed by atoms with Crippen LogP contribution in [0.1, 0.15) is 27.3 Å².